The molecule has 1 amide bonds. The van der Waals surface area contributed by atoms with Crippen molar-refractivity contribution in [1.82, 2.24) is 25.0 Å². The minimum Gasteiger partial charge on any atom is -0.351 e. The second-order valence-corrected chi connectivity index (χ2v) is 9.00. The topological polar surface area (TPSA) is 64.1 Å². The summed E-state index contributed by atoms with van der Waals surface area (Å²) in [6.45, 7) is 8.01. The number of likely N-dealkylation sites (tertiary alicyclic amines) is 1. The summed E-state index contributed by atoms with van der Waals surface area (Å²) in [5, 5.41) is 6.60. The van der Waals surface area contributed by atoms with E-state index in [4.69, 9.17) is 4.98 Å². The van der Waals surface area contributed by atoms with E-state index in [9.17, 15) is 4.79 Å². The highest BCUT2D eigenvalue weighted by Gasteiger charge is 2.30. The van der Waals surface area contributed by atoms with Gasteiger partial charge in [0.15, 0.2) is 5.96 Å². The fourth-order valence-corrected chi connectivity index (χ4v) is 5.11. The van der Waals surface area contributed by atoms with E-state index < -0.39 is 0 Å². The number of aliphatic imine (C=N–C) groups is 1. The predicted octanol–water partition coefficient (Wildman–Crippen LogP) is 3.13. The van der Waals surface area contributed by atoms with Crippen molar-refractivity contribution >= 4 is 47.2 Å². The first-order valence-corrected chi connectivity index (χ1v) is 12.0. The van der Waals surface area contributed by atoms with Crippen LogP contribution >= 0.6 is 35.3 Å². The third-order valence-corrected chi connectivity index (χ3v) is 7.09. The number of benzene rings is 1. The molecule has 3 heterocycles. The molecule has 1 atom stereocenters. The van der Waals surface area contributed by atoms with Gasteiger partial charge in [-0.2, -0.15) is 0 Å². The number of halogens is 1. The van der Waals surface area contributed by atoms with Gasteiger partial charge in [0, 0.05) is 57.3 Å². The number of carbonyl (C=O) groups is 1. The lowest BCUT2D eigenvalue weighted by atomic mass is 10.2. The molecule has 2 aliphatic rings. The molecular weight excluding hydrogens is 535 g/mol. The smallest absolute Gasteiger partial charge is 0.239 e. The minimum absolute atomic E-state index is 0. The number of guanidine groups is 1. The van der Waals surface area contributed by atoms with Gasteiger partial charge in [-0.3, -0.25) is 14.7 Å². The third-order valence-electron chi connectivity index (χ3n) is 6.15. The maximum absolute atomic E-state index is 12.7. The Hall–Kier alpha value is -1.72. The molecule has 1 N–H and O–H groups in total. The van der Waals surface area contributed by atoms with Crippen LogP contribution in [-0.2, 0) is 11.3 Å². The van der Waals surface area contributed by atoms with Gasteiger partial charge < -0.3 is 15.1 Å². The highest BCUT2D eigenvalue weighted by Crippen LogP contribution is 2.23. The third kappa shape index (κ3) is 5.99. The van der Waals surface area contributed by atoms with Gasteiger partial charge in [0.1, 0.15) is 5.01 Å². The second-order valence-electron chi connectivity index (χ2n) is 8.14. The Kier molecular flexibility index (Phi) is 9.30. The van der Waals surface area contributed by atoms with Crippen LogP contribution in [0.4, 0.5) is 0 Å². The first-order chi connectivity index (χ1) is 15.2. The zero-order valence-electron chi connectivity index (χ0n) is 18.9. The summed E-state index contributed by atoms with van der Waals surface area (Å²) in [5.41, 5.74) is 2.17. The lowest BCUT2D eigenvalue weighted by molar-refractivity contribution is -0.135. The van der Waals surface area contributed by atoms with Crippen molar-refractivity contribution in [3.8, 4) is 10.6 Å². The standard InChI is InChI=1S/C23H32N6OS.HI/c1-18(22(30)28-10-6-7-11-28)27-12-14-29(15-13-27)23(24-2)25-16-20-17-31-21(26-20)19-8-4-3-5-9-19;/h3-5,8-9,17-18H,6-7,10-16H2,1-2H3,(H,24,25);1H. The molecule has 2 aliphatic heterocycles. The van der Waals surface area contributed by atoms with Gasteiger partial charge in [0.25, 0.3) is 0 Å². The van der Waals surface area contributed by atoms with Gasteiger partial charge in [-0.1, -0.05) is 30.3 Å². The molecule has 174 valence electrons. The molecule has 7 nitrogen and oxygen atoms in total. The second kappa shape index (κ2) is 11.9. The van der Waals surface area contributed by atoms with Crippen LogP contribution in [0.2, 0.25) is 0 Å². The summed E-state index contributed by atoms with van der Waals surface area (Å²) in [7, 11) is 1.82. The Bertz CT molecular complexity index is 891. The number of aromatic nitrogens is 1. The summed E-state index contributed by atoms with van der Waals surface area (Å²) in [6.07, 6.45) is 2.28. The zero-order chi connectivity index (χ0) is 21.6. The van der Waals surface area contributed by atoms with Crippen LogP contribution in [0.15, 0.2) is 40.7 Å². The molecule has 2 saturated heterocycles. The summed E-state index contributed by atoms with van der Waals surface area (Å²) in [6, 6.07) is 10.2. The molecule has 0 radical (unpaired) electrons. The van der Waals surface area contributed by atoms with Crippen LogP contribution in [-0.4, -0.2) is 83.9 Å². The molecule has 0 aliphatic carbocycles. The number of nitrogens with zero attached hydrogens (tertiary/aromatic N) is 5. The number of thiazole rings is 1. The van der Waals surface area contributed by atoms with Crippen molar-refractivity contribution in [2.75, 3.05) is 46.3 Å². The van der Waals surface area contributed by atoms with Crippen LogP contribution in [0.5, 0.6) is 0 Å². The van der Waals surface area contributed by atoms with E-state index in [1.807, 2.05) is 30.1 Å². The summed E-state index contributed by atoms with van der Waals surface area (Å²) < 4.78 is 0. The highest BCUT2D eigenvalue weighted by molar-refractivity contribution is 14.0. The first-order valence-electron chi connectivity index (χ1n) is 11.1. The minimum atomic E-state index is -0.0401. The number of hydrogen-bond acceptors (Lipinski definition) is 5. The molecule has 1 aromatic heterocycles. The van der Waals surface area contributed by atoms with Crippen molar-refractivity contribution < 1.29 is 4.79 Å². The highest BCUT2D eigenvalue weighted by atomic mass is 127. The van der Waals surface area contributed by atoms with Crippen molar-refractivity contribution in [1.29, 1.82) is 0 Å². The van der Waals surface area contributed by atoms with Gasteiger partial charge in [0.05, 0.1) is 18.3 Å². The Morgan fingerprint density at radius 2 is 1.78 bits per heavy atom. The maximum atomic E-state index is 12.7. The molecule has 9 heteroatoms. The zero-order valence-corrected chi connectivity index (χ0v) is 22.0. The Morgan fingerprint density at radius 3 is 2.44 bits per heavy atom. The Labute approximate surface area is 211 Å². The lowest BCUT2D eigenvalue weighted by Crippen LogP contribution is -2.57. The van der Waals surface area contributed by atoms with Crippen molar-refractivity contribution in [3.63, 3.8) is 0 Å². The Morgan fingerprint density at radius 1 is 1.09 bits per heavy atom. The number of amides is 1. The first kappa shape index (κ1) is 24.9. The molecule has 32 heavy (non-hydrogen) atoms. The summed E-state index contributed by atoms with van der Waals surface area (Å²) in [5.74, 6) is 1.18. The van der Waals surface area contributed by atoms with E-state index in [2.05, 4.69) is 44.5 Å². The molecular formula is C23H33IN6OS. The van der Waals surface area contributed by atoms with Crippen LogP contribution in [0, 0.1) is 0 Å². The van der Waals surface area contributed by atoms with Gasteiger partial charge >= 0.3 is 0 Å². The number of rotatable bonds is 5. The van der Waals surface area contributed by atoms with Crippen LogP contribution in [0.25, 0.3) is 10.6 Å². The SMILES string of the molecule is CN=C(NCc1csc(-c2ccccc2)n1)N1CCN(C(C)C(=O)N2CCCC2)CC1.I. The predicted molar refractivity (Wildman–Crippen MR) is 142 cm³/mol. The molecule has 0 bridgehead atoms. The van der Waals surface area contributed by atoms with Crippen LogP contribution in [0.1, 0.15) is 25.5 Å². The van der Waals surface area contributed by atoms with Gasteiger partial charge in [0.2, 0.25) is 5.91 Å². The van der Waals surface area contributed by atoms with Crippen molar-refractivity contribution in [2.24, 2.45) is 4.99 Å². The largest absolute Gasteiger partial charge is 0.351 e. The average molecular weight is 569 g/mol. The quantitative estimate of drug-likeness (QED) is 0.341. The van der Waals surface area contributed by atoms with E-state index >= 15 is 0 Å². The Balaban J connectivity index is 0.00000289. The number of nitrogens with one attached hydrogen (secondary N) is 1. The molecule has 4 rings (SSSR count). The van der Waals surface area contributed by atoms with Gasteiger partial charge in [-0.15, -0.1) is 35.3 Å². The average Bonchev–Trinajstić information content (AvgIpc) is 3.52. The molecule has 0 saturated carbocycles. The fraction of sp³-hybridized carbons (Fsp3) is 0.522. The maximum Gasteiger partial charge on any atom is 0.239 e. The number of carbonyl (C=O) groups excluding carboxylic acids is 1. The van der Waals surface area contributed by atoms with E-state index in [1.165, 1.54) is 0 Å². The normalized spacial score (nSPS) is 18.4. The van der Waals surface area contributed by atoms with Crippen molar-refractivity contribution in [3.05, 3.63) is 41.4 Å². The molecule has 2 fully saturated rings. The molecule has 1 unspecified atom stereocenters. The molecule has 1 aromatic carbocycles. The van der Waals surface area contributed by atoms with E-state index in [-0.39, 0.29) is 35.9 Å². The van der Waals surface area contributed by atoms with Crippen LogP contribution < -0.4 is 5.32 Å². The number of hydrogen-bond donors (Lipinski definition) is 1. The monoisotopic (exact) mass is 568 g/mol. The molecule has 0 spiro atoms. The van der Waals surface area contributed by atoms with E-state index in [1.54, 1.807) is 11.3 Å². The van der Waals surface area contributed by atoms with Crippen molar-refractivity contribution in [2.45, 2.75) is 32.4 Å². The fourth-order valence-electron chi connectivity index (χ4n) is 4.28. The van der Waals surface area contributed by atoms with Crippen LogP contribution in [0.3, 0.4) is 0 Å². The molecule has 2 aromatic rings. The van der Waals surface area contributed by atoms with Gasteiger partial charge in [-0.25, -0.2) is 4.98 Å². The summed E-state index contributed by atoms with van der Waals surface area (Å²) in [4.78, 5) is 28.5. The lowest BCUT2D eigenvalue weighted by Gasteiger charge is -2.39. The summed E-state index contributed by atoms with van der Waals surface area (Å²) >= 11 is 1.67. The van der Waals surface area contributed by atoms with E-state index in [0.29, 0.717) is 6.54 Å². The number of piperazine rings is 1. The van der Waals surface area contributed by atoms with E-state index in [0.717, 1.165) is 74.3 Å². The van der Waals surface area contributed by atoms with Gasteiger partial charge in [-0.05, 0) is 19.8 Å².